The Balaban J connectivity index is 1.16. The first-order valence-corrected chi connectivity index (χ1v) is 17.3. The van der Waals surface area contributed by atoms with E-state index in [0.29, 0.717) is 0 Å². The second-order valence-electron chi connectivity index (χ2n) is 13.6. The van der Waals surface area contributed by atoms with Crippen molar-refractivity contribution >= 4 is 17.8 Å². The normalized spacial score (nSPS) is 16.4. The van der Waals surface area contributed by atoms with Crippen LogP contribution in [0.2, 0.25) is 0 Å². The second-order valence-corrected chi connectivity index (χ2v) is 13.6. The van der Waals surface area contributed by atoms with Crippen molar-refractivity contribution < 1.29 is 0 Å². The van der Waals surface area contributed by atoms with Gasteiger partial charge in [-0.05, 0) is 98.3 Å². The van der Waals surface area contributed by atoms with Gasteiger partial charge in [-0.2, -0.15) is 0 Å². The maximum atomic E-state index is 5.03. The lowest BCUT2D eigenvalue weighted by Gasteiger charge is -2.34. The SMILES string of the molecule is C1=c2ncc(-c3cccc(C4Nc5ccccc5-c5cc6c(cc54)-c4ccccc4C64c5ccccc5-c5ccccc54)c3)nc2=CCC1. The molecule has 49 heavy (non-hydrogen) atoms. The maximum Gasteiger partial charge on any atom is 0.0892 e. The first-order chi connectivity index (χ1) is 24.3. The number of benzene rings is 6. The largest absolute Gasteiger partial charge is 0.374 e. The fraction of sp³-hybridized carbons (Fsp3) is 0.0870. The number of nitrogens with one attached hydrogen (secondary N) is 1. The highest BCUT2D eigenvalue weighted by atomic mass is 14.9. The highest BCUT2D eigenvalue weighted by Gasteiger charge is 2.52. The van der Waals surface area contributed by atoms with Gasteiger partial charge in [-0.25, -0.2) is 4.98 Å². The van der Waals surface area contributed by atoms with E-state index in [1.807, 2.05) is 6.20 Å². The monoisotopic (exact) mass is 625 g/mol. The van der Waals surface area contributed by atoms with Gasteiger partial charge in [0, 0.05) is 16.8 Å². The topological polar surface area (TPSA) is 37.8 Å². The number of fused-ring (bicyclic) bond motifs is 14. The van der Waals surface area contributed by atoms with Crippen LogP contribution in [0.15, 0.2) is 140 Å². The van der Waals surface area contributed by atoms with Crippen LogP contribution >= 0.6 is 0 Å². The lowest BCUT2D eigenvalue weighted by Crippen LogP contribution is -2.33. The molecule has 7 aromatic rings. The standard InChI is InChI=1S/C46H31N3/c1-5-18-37-30(14-1)31-15-2-6-19-38(31)46(37)39-20-7-3-16-32(39)35-25-36-34(26-40(35)46)33-17-4-8-21-41(33)49-45(36)29-13-11-12-28(24-29)44-27-47-42-22-9-10-23-43(42)48-44/h1-8,11-27,45,49H,9-10H2. The summed E-state index contributed by atoms with van der Waals surface area (Å²) in [5.41, 5.74) is 18.6. The Morgan fingerprint density at radius 3 is 1.90 bits per heavy atom. The van der Waals surface area contributed by atoms with Gasteiger partial charge >= 0.3 is 0 Å². The lowest BCUT2D eigenvalue weighted by molar-refractivity contribution is 0.792. The van der Waals surface area contributed by atoms with E-state index in [1.54, 1.807) is 0 Å². The van der Waals surface area contributed by atoms with Crippen molar-refractivity contribution in [1.29, 1.82) is 0 Å². The van der Waals surface area contributed by atoms with Crippen LogP contribution in [0.1, 0.15) is 52.3 Å². The van der Waals surface area contributed by atoms with E-state index in [9.17, 15) is 0 Å². The number of nitrogens with zero attached hydrogens (tertiary/aromatic N) is 2. The Kier molecular flexibility index (Phi) is 5.49. The van der Waals surface area contributed by atoms with Crippen molar-refractivity contribution in [3.63, 3.8) is 0 Å². The molecule has 1 atom stereocenters. The quantitative estimate of drug-likeness (QED) is 0.208. The molecule has 3 nitrogen and oxygen atoms in total. The fourth-order valence-corrected chi connectivity index (χ4v) is 9.14. The van der Waals surface area contributed by atoms with Gasteiger partial charge in [0.25, 0.3) is 0 Å². The molecule has 1 aliphatic heterocycles. The Labute approximate surface area is 285 Å². The molecule has 0 saturated carbocycles. The Hall–Kier alpha value is -6.06. The number of para-hydroxylation sites is 1. The number of hydrogen-bond donors (Lipinski definition) is 1. The summed E-state index contributed by atoms with van der Waals surface area (Å²) >= 11 is 0. The van der Waals surface area contributed by atoms with Crippen LogP contribution in [0.4, 0.5) is 5.69 Å². The van der Waals surface area contributed by atoms with E-state index in [0.717, 1.165) is 40.5 Å². The predicted octanol–water partition coefficient (Wildman–Crippen LogP) is 9.02. The van der Waals surface area contributed by atoms with Crippen LogP contribution in [-0.2, 0) is 5.41 Å². The number of rotatable bonds is 2. The molecule has 1 unspecified atom stereocenters. The summed E-state index contributed by atoms with van der Waals surface area (Å²) in [6.45, 7) is 0. The minimum atomic E-state index is -0.372. The molecule has 3 aliphatic carbocycles. The van der Waals surface area contributed by atoms with E-state index in [4.69, 9.17) is 9.97 Å². The van der Waals surface area contributed by atoms with Crippen molar-refractivity contribution in [2.24, 2.45) is 0 Å². The molecule has 0 saturated heterocycles. The third kappa shape index (κ3) is 3.62. The van der Waals surface area contributed by atoms with Gasteiger partial charge in [-0.1, -0.05) is 121 Å². The number of anilines is 1. The van der Waals surface area contributed by atoms with Gasteiger partial charge < -0.3 is 5.32 Å². The summed E-state index contributed by atoms with van der Waals surface area (Å²) in [4.78, 5) is 9.80. The molecule has 2 heterocycles. The van der Waals surface area contributed by atoms with E-state index in [2.05, 4.69) is 151 Å². The van der Waals surface area contributed by atoms with Crippen molar-refractivity contribution in [3.05, 3.63) is 184 Å². The van der Waals surface area contributed by atoms with E-state index >= 15 is 0 Å². The van der Waals surface area contributed by atoms with Gasteiger partial charge in [0.2, 0.25) is 0 Å². The van der Waals surface area contributed by atoms with Crippen LogP contribution in [0.5, 0.6) is 0 Å². The second kappa shape index (κ2) is 9.98. The minimum absolute atomic E-state index is 0.0347. The molecule has 0 fully saturated rings. The molecule has 230 valence electrons. The van der Waals surface area contributed by atoms with Crippen LogP contribution < -0.4 is 16.0 Å². The van der Waals surface area contributed by atoms with Gasteiger partial charge in [-0.3, -0.25) is 4.98 Å². The van der Waals surface area contributed by atoms with Gasteiger partial charge in [0.05, 0.1) is 34.0 Å². The molecule has 1 spiro atoms. The van der Waals surface area contributed by atoms with E-state index in [1.165, 1.54) is 66.8 Å². The summed E-state index contributed by atoms with van der Waals surface area (Å²) in [6, 6.07) is 49.8. The van der Waals surface area contributed by atoms with Crippen LogP contribution in [0.3, 0.4) is 0 Å². The summed E-state index contributed by atoms with van der Waals surface area (Å²) in [7, 11) is 0. The molecule has 4 aliphatic rings. The van der Waals surface area contributed by atoms with E-state index in [-0.39, 0.29) is 11.5 Å². The zero-order chi connectivity index (χ0) is 32.1. The molecule has 11 rings (SSSR count). The average Bonchev–Trinajstić information content (AvgIpc) is 3.64. The summed E-state index contributed by atoms with van der Waals surface area (Å²) < 4.78 is 0. The van der Waals surface area contributed by atoms with Crippen LogP contribution in [0, 0.1) is 0 Å². The molecule has 0 amide bonds. The zero-order valence-electron chi connectivity index (χ0n) is 26.8. The molecule has 6 aromatic carbocycles. The summed E-state index contributed by atoms with van der Waals surface area (Å²) in [6.07, 6.45) is 8.36. The lowest BCUT2D eigenvalue weighted by atomic mass is 9.69. The molecule has 0 radical (unpaired) electrons. The van der Waals surface area contributed by atoms with E-state index < -0.39 is 0 Å². The summed E-state index contributed by atoms with van der Waals surface area (Å²) in [5.74, 6) is 0. The molecule has 1 N–H and O–H groups in total. The fourth-order valence-electron chi connectivity index (χ4n) is 9.14. The van der Waals surface area contributed by atoms with Gasteiger partial charge in [0.15, 0.2) is 0 Å². The Bertz CT molecular complexity index is 2620. The number of aromatic nitrogens is 2. The minimum Gasteiger partial charge on any atom is -0.374 e. The molecular weight excluding hydrogens is 595 g/mol. The van der Waals surface area contributed by atoms with Crippen molar-refractivity contribution in [1.82, 2.24) is 9.97 Å². The van der Waals surface area contributed by atoms with Crippen molar-refractivity contribution in [2.75, 3.05) is 5.32 Å². The first-order valence-electron chi connectivity index (χ1n) is 17.3. The van der Waals surface area contributed by atoms with Crippen LogP contribution in [-0.4, -0.2) is 9.97 Å². The van der Waals surface area contributed by atoms with Gasteiger partial charge in [-0.15, -0.1) is 0 Å². The predicted molar refractivity (Wildman–Crippen MR) is 199 cm³/mol. The maximum absolute atomic E-state index is 5.03. The Morgan fingerprint density at radius 1 is 0.531 bits per heavy atom. The first kappa shape index (κ1) is 26.9. The highest BCUT2D eigenvalue weighted by Crippen LogP contribution is 2.64. The highest BCUT2D eigenvalue weighted by molar-refractivity contribution is 5.98. The van der Waals surface area contributed by atoms with Crippen molar-refractivity contribution in [2.45, 2.75) is 24.3 Å². The average molecular weight is 626 g/mol. The van der Waals surface area contributed by atoms with Crippen molar-refractivity contribution in [3.8, 4) is 44.6 Å². The molecular formula is C46H31N3. The third-order valence-corrected chi connectivity index (χ3v) is 11.2. The molecule has 3 heteroatoms. The molecule has 1 aromatic heterocycles. The molecule has 0 bridgehead atoms. The third-order valence-electron chi connectivity index (χ3n) is 11.2. The number of hydrogen-bond acceptors (Lipinski definition) is 3. The summed E-state index contributed by atoms with van der Waals surface area (Å²) in [5, 5.41) is 5.94. The van der Waals surface area contributed by atoms with Crippen LogP contribution in [0.25, 0.3) is 56.8 Å². The zero-order valence-corrected chi connectivity index (χ0v) is 26.8. The Morgan fingerprint density at radius 2 is 1.16 bits per heavy atom. The van der Waals surface area contributed by atoms with Gasteiger partial charge in [0.1, 0.15) is 0 Å². The smallest absolute Gasteiger partial charge is 0.0892 e.